The van der Waals surface area contributed by atoms with E-state index in [1.165, 1.54) is 6.07 Å². The van der Waals surface area contributed by atoms with Crippen LogP contribution >= 0.6 is 0 Å². The monoisotopic (exact) mass is 413 g/mol. The number of hydrogen-bond acceptors (Lipinski definition) is 6. The van der Waals surface area contributed by atoms with Crippen LogP contribution in [-0.4, -0.2) is 64.4 Å². The molecule has 160 valence electrons. The molecule has 0 aliphatic carbocycles. The number of morpholine rings is 1. The molecule has 9 heteroatoms. The average molecular weight is 413 g/mol. The van der Waals surface area contributed by atoms with Crippen molar-refractivity contribution in [1.29, 1.82) is 0 Å². The van der Waals surface area contributed by atoms with Gasteiger partial charge in [0, 0.05) is 43.6 Å². The number of carbonyl (C=O) groups excluding carboxylic acids is 1. The topological polar surface area (TPSA) is 93.7 Å². The second-order valence-corrected chi connectivity index (χ2v) is 8.01. The number of amides is 1. The third-order valence-corrected chi connectivity index (χ3v) is 5.78. The Kier molecular flexibility index (Phi) is 5.72. The quantitative estimate of drug-likeness (QED) is 0.552. The van der Waals surface area contributed by atoms with E-state index in [0.29, 0.717) is 39.3 Å². The molecule has 3 heterocycles. The molecule has 0 bridgehead atoms. The van der Waals surface area contributed by atoms with Gasteiger partial charge in [0.15, 0.2) is 0 Å². The summed E-state index contributed by atoms with van der Waals surface area (Å²) < 4.78 is 7.88. The van der Waals surface area contributed by atoms with Gasteiger partial charge in [0.1, 0.15) is 5.56 Å². The van der Waals surface area contributed by atoms with Crippen molar-refractivity contribution in [2.45, 2.75) is 39.3 Å². The fraction of sp³-hybridized carbons (Fsp3) is 0.524. The van der Waals surface area contributed by atoms with Crippen LogP contribution in [0.25, 0.3) is 0 Å². The lowest BCUT2D eigenvalue weighted by Gasteiger charge is -2.35. The molecule has 2 aliphatic heterocycles. The Hall–Kier alpha value is -2.94. The summed E-state index contributed by atoms with van der Waals surface area (Å²) in [6.07, 6.45) is 1.83. The highest BCUT2D eigenvalue weighted by Crippen LogP contribution is 2.28. The Morgan fingerprint density at radius 1 is 1.23 bits per heavy atom. The van der Waals surface area contributed by atoms with Crippen LogP contribution in [0.5, 0.6) is 0 Å². The predicted octanol–water partition coefficient (Wildman–Crippen LogP) is 2.55. The summed E-state index contributed by atoms with van der Waals surface area (Å²) >= 11 is 0. The molecule has 1 atom stereocenters. The van der Waals surface area contributed by atoms with Crippen LogP contribution in [0.1, 0.15) is 34.6 Å². The molecule has 0 N–H and O–H groups in total. The first kappa shape index (κ1) is 20.3. The molecule has 2 aromatic rings. The number of nitrogens with zero attached hydrogens (tertiary/aromatic N) is 5. The van der Waals surface area contributed by atoms with Crippen LogP contribution < -0.4 is 4.90 Å². The van der Waals surface area contributed by atoms with E-state index < -0.39 is 4.92 Å². The maximum absolute atomic E-state index is 12.9. The summed E-state index contributed by atoms with van der Waals surface area (Å²) in [7, 11) is 0. The summed E-state index contributed by atoms with van der Waals surface area (Å²) in [5.74, 6) is -0.256. The largest absolute Gasteiger partial charge is 0.373 e. The summed E-state index contributed by atoms with van der Waals surface area (Å²) in [4.78, 5) is 27.8. The van der Waals surface area contributed by atoms with Crippen LogP contribution in [0, 0.1) is 24.0 Å². The minimum atomic E-state index is -0.474. The van der Waals surface area contributed by atoms with Gasteiger partial charge in [-0.05, 0) is 44.9 Å². The van der Waals surface area contributed by atoms with Gasteiger partial charge in [-0.15, -0.1) is 0 Å². The molecule has 4 rings (SSSR count). The van der Waals surface area contributed by atoms with Crippen molar-refractivity contribution >= 4 is 17.3 Å². The number of carbonyl (C=O) groups is 1. The molecule has 1 aromatic heterocycles. The van der Waals surface area contributed by atoms with Gasteiger partial charge in [0.25, 0.3) is 11.6 Å². The van der Waals surface area contributed by atoms with Crippen LogP contribution in [0.4, 0.5) is 11.4 Å². The van der Waals surface area contributed by atoms with Gasteiger partial charge in [0.2, 0.25) is 0 Å². The Bertz CT molecular complexity index is 951. The van der Waals surface area contributed by atoms with Gasteiger partial charge in [-0.1, -0.05) is 0 Å². The van der Waals surface area contributed by atoms with E-state index in [4.69, 9.17) is 4.74 Å². The van der Waals surface area contributed by atoms with E-state index in [-0.39, 0.29) is 23.3 Å². The number of hydrogen-bond donors (Lipinski definition) is 0. The minimum Gasteiger partial charge on any atom is -0.373 e. The molecule has 1 unspecified atom stereocenters. The van der Waals surface area contributed by atoms with Crippen LogP contribution in [0.2, 0.25) is 0 Å². The summed E-state index contributed by atoms with van der Waals surface area (Å²) in [6, 6.07) is 6.88. The Labute approximate surface area is 175 Å². The second-order valence-electron chi connectivity index (χ2n) is 8.01. The van der Waals surface area contributed by atoms with Gasteiger partial charge in [-0.3, -0.25) is 19.6 Å². The maximum atomic E-state index is 12.9. The first-order valence-corrected chi connectivity index (χ1v) is 10.4. The van der Waals surface area contributed by atoms with E-state index >= 15 is 0 Å². The van der Waals surface area contributed by atoms with Crippen molar-refractivity contribution in [3.8, 4) is 0 Å². The number of likely N-dealkylation sites (tertiary alicyclic amines) is 1. The standard InChI is InChI=1S/C21H27N5O4/c1-15-11-16(2)25(22-15)14-18-13-24(9-10-30-18)17-5-6-20(26(28)29)19(12-17)21(27)23-7-3-4-8-23/h5-6,11-12,18H,3-4,7-10,13-14H2,1-2H3. The van der Waals surface area contributed by atoms with Crippen LogP contribution in [0.15, 0.2) is 24.3 Å². The zero-order valence-electron chi connectivity index (χ0n) is 17.4. The molecule has 2 aliphatic rings. The van der Waals surface area contributed by atoms with Crippen molar-refractivity contribution in [1.82, 2.24) is 14.7 Å². The fourth-order valence-corrected chi connectivity index (χ4v) is 4.26. The number of nitro groups is 1. The van der Waals surface area contributed by atoms with Crippen molar-refractivity contribution < 1.29 is 14.5 Å². The van der Waals surface area contributed by atoms with E-state index in [0.717, 1.165) is 29.9 Å². The molecule has 9 nitrogen and oxygen atoms in total. The van der Waals surface area contributed by atoms with Gasteiger partial charge in [-0.25, -0.2) is 0 Å². The average Bonchev–Trinajstić information content (AvgIpc) is 3.37. The first-order chi connectivity index (χ1) is 14.4. The minimum absolute atomic E-state index is 0.0512. The van der Waals surface area contributed by atoms with Gasteiger partial charge < -0.3 is 14.5 Å². The van der Waals surface area contributed by atoms with Crippen molar-refractivity contribution in [3.05, 3.63) is 51.3 Å². The third kappa shape index (κ3) is 4.16. The molecule has 0 saturated carbocycles. The SMILES string of the molecule is Cc1cc(C)n(CC2CN(c3ccc([N+](=O)[O-])c(C(=O)N4CCCC4)c3)CCO2)n1. The first-order valence-electron chi connectivity index (χ1n) is 10.4. The summed E-state index contributed by atoms with van der Waals surface area (Å²) in [5.41, 5.74) is 2.90. The number of anilines is 1. The number of benzene rings is 1. The lowest BCUT2D eigenvalue weighted by Crippen LogP contribution is -2.44. The Balaban J connectivity index is 1.55. The normalized spacial score (nSPS) is 19.3. The summed E-state index contributed by atoms with van der Waals surface area (Å²) in [6.45, 7) is 7.79. The molecule has 2 fully saturated rings. The molecule has 2 saturated heterocycles. The molecular formula is C21H27N5O4. The highest BCUT2D eigenvalue weighted by Gasteiger charge is 2.29. The number of ether oxygens (including phenoxy) is 1. The number of aromatic nitrogens is 2. The van der Waals surface area contributed by atoms with Gasteiger partial charge >= 0.3 is 0 Å². The van der Waals surface area contributed by atoms with Crippen LogP contribution in [0.3, 0.4) is 0 Å². The maximum Gasteiger partial charge on any atom is 0.282 e. The van der Waals surface area contributed by atoms with Crippen LogP contribution in [-0.2, 0) is 11.3 Å². The molecule has 0 radical (unpaired) electrons. The van der Waals surface area contributed by atoms with Gasteiger partial charge in [0.05, 0.1) is 29.9 Å². The van der Waals surface area contributed by atoms with Crippen molar-refractivity contribution in [2.24, 2.45) is 0 Å². The molecule has 30 heavy (non-hydrogen) atoms. The highest BCUT2D eigenvalue weighted by atomic mass is 16.6. The number of rotatable bonds is 5. The Morgan fingerprint density at radius 2 is 2.00 bits per heavy atom. The molecule has 0 spiro atoms. The molecule has 1 amide bonds. The lowest BCUT2D eigenvalue weighted by atomic mass is 10.1. The zero-order valence-corrected chi connectivity index (χ0v) is 17.4. The highest BCUT2D eigenvalue weighted by molar-refractivity contribution is 5.99. The summed E-state index contributed by atoms with van der Waals surface area (Å²) in [5, 5.41) is 16.0. The number of aryl methyl sites for hydroxylation is 2. The lowest BCUT2D eigenvalue weighted by molar-refractivity contribution is -0.385. The van der Waals surface area contributed by atoms with Crippen molar-refractivity contribution in [3.63, 3.8) is 0 Å². The zero-order chi connectivity index (χ0) is 21.3. The van der Waals surface area contributed by atoms with Gasteiger partial charge in [-0.2, -0.15) is 5.10 Å². The fourth-order valence-electron chi connectivity index (χ4n) is 4.26. The predicted molar refractivity (Wildman–Crippen MR) is 112 cm³/mol. The van der Waals surface area contributed by atoms with Crippen molar-refractivity contribution in [2.75, 3.05) is 37.7 Å². The Morgan fingerprint density at radius 3 is 2.67 bits per heavy atom. The smallest absolute Gasteiger partial charge is 0.282 e. The molecular weight excluding hydrogens is 386 g/mol. The third-order valence-electron chi connectivity index (χ3n) is 5.78. The van der Waals surface area contributed by atoms with E-state index in [9.17, 15) is 14.9 Å². The van der Waals surface area contributed by atoms with E-state index in [1.54, 1.807) is 17.0 Å². The van der Waals surface area contributed by atoms with E-state index in [2.05, 4.69) is 10.00 Å². The van der Waals surface area contributed by atoms with E-state index in [1.807, 2.05) is 24.6 Å². The second kappa shape index (κ2) is 8.43. The molecule has 1 aromatic carbocycles. The number of nitro benzene ring substituents is 1.